The first-order chi connectivity index (χ1) is 9.19. The zero-order valence-corrected chi connectivity index (χ0v) is 11.6. The van der Waals surface area contributed by atoms with E-state index >= 15 is 0 Å². The Hall–Kier alpha value is -1.93. The van der Waals surface area contributed by atoms with Crippen molar-refractivity contribution >= 4 is 6.21 Å². The molecule has 0 spiro atoms. The van der Waals surface area contributed by atoms with Crippen LogP contribution >= 0.6 is 0 Å². The van der Waals surface area contributed by atoms with Crippen molar-refractivity contribution in [3.63, 3.8) is 0 Å². The van der Waals surface area contributed by atoms with Gasteiger partial charge in [0.15, 0.2) is 6.23 Å². The van der Waals surface area contributed by atoms with E-state index < -0.39 is 0 Å². The smallest absolute Gasteiger partial charge is 0.173 e. The van der Waals surface area contributed by atoms with Crippen molar-refractivity contribution in [1.82, 2.24) is 0 Å². The minimum absolute atomic E-state index is 0.248. The maximum atomic E-state index is 5.42. The fraction of sp³-hybridized carbons (Fsp3) is 0.235. The lowest BCUT2D eigenvalue weighted by Crippen LogP contribution is -1.99. The van der Waals surface area contributed by atoms with Gasteiger partial charge in [-0.15, -0.1) is 0 Å². The van der Waals surface area contributed by atoms with Crippen molar-refractivity contribution < 1.29 is 4.74 Å². The van der Waals surface area contributed by atoms with Gasteiger partial charge < -0.3 is 4.74 Å². The van der Waals surface area contributed by atoms with Gasteiger partial charge in [0.05, 0.1) is 0 Å². The predicted molar refractivity (Wildman–Crippen MR) is 79.7 cm³/mol. The quantitative estimate of drug-likeness (QED) is 0.753. The molecular formula is C17H19NO. The molecule has 0 radical (unpaired) electrons. The van der Waals surface area contributed by atoms with Gasteiger partial charge in [-0.25, -0.2) is 0 Å². The van der Waals surface area contributed by atoms with Gasteiger partial charge in [0.1, 0.15) is 0 Å². The molecule has 1 atom stereocenters. The third-order valence-electron chi connectivity index (χ3n) is 3.02. The predicted octanol–water partition coefficient (Wildman–Crippen LogP) is 4.07. The highest BCUT2D eigenvalue weighted by Gasteiger charge is 2.06. The van der Waals surface area contributed by atoms with E-state index in [0.717, 1.165) is 11.1 Å². The van der Waals surface area contributed by atoms with Crippen LogP contribution in [0, 0.1) is 13.8 Å². The first kappa shape index (κ1) is 13.5. The van der Waals surface area contributed by atoms with E-state index in [2.05, 4.69) is 67.4 Å². The average Bonchev–Trinajstić information content (AvgIpc) is 2.43. The van der Waals surface area contributed by atoms with Gasteiger partial charge in [0.25, 0.3) is 0 Å². The summed E-state index contributed by atoms with van der Waals surface area (Å²) < 4.78 is 5.42. The second kappa shape index (κ2) is 6.30. The van der Waals surface area contributed by atoms with Crippen LogP contribution in [0.25, 0.3) is 0 Å². The molecule has 2 nitrogen and oxygen atoms in total. The molecule has 0 N–H and O–H groups in total. The molecule has 0 bridgehead atoms. The SMILES string of the molecule is COC(N=Cc1ccc(C)cc1)c1ccc(C)cc1. The molecule has 19 heavy (non-hydrogen) atoms. The maximum Gasteiger partial charge on any atom is 0.173 e. The average molecular weight is 253 g/mol. The number of rotatable bonds is 4. The fourth-order valence-electron chi connectivity index (χ4n) is 1.82. The van der Waals surface area contributed by atoms with Gasteiger partial charge in [-0.2, -0.15) is 0 Å². The minimum atomic E-state index is -0.248. The number of benzene rings is 2. The normalized spacial score (nSPS) is 12.8. The van der Waals surface area contributed by atoms with Crippen molar-refractivity contribution in [2.45, 2.75) is 20.1 Å². The highest BCUT2D eigenvalue weighted by Crippen LogP contribution is 2.18. The number of nitrogens with zero attached hydrogens (tertiary/aromatic N) is 1. The Kier molecular flexibility index (Phi) is 4.48. The number of ether oxygens (including phenoxy) is 1. The summed E-state index contributed by atoms with van der Waals surface area (Å²) in [6.45, 7) is 4.15. The lowest BCUT2D eigenvalue weighted by Gasteiger charge is -2.11. The Morgan fingerprint density at radius 3 is 1.95 bits per heavy atom. The number of aryl methyl sites for hydroxylation is 2. The molecule has 2 aromatic rings. The molecule has 0 saturated heterocycles. The lowest BCUT2D eigenvalue weighted by atomic mass is 10.1. The fourth-order valence-corrected chi connectivity index (χ4v) is 1.82. The van der Waals surface area contributed by atoms with Crippen molar-refractivity contribution in [3.05, 3.63) is 70.8 Å². The second-order valence-electron chi connectivity index (χ2n) is 4.69. The third kappa shape index (κ3) is 3.76. The molecule has 98 valence electrons. The molecule has 0 amide bonds. The molecule has 2 aromatic carbocycles. The molecule has 0 aliphatic heterocycles. The summed E-state index contributed by atoms with van der Waals surface area (Å²) in [5, 5.41) is 0. The first-order valence-electron chi connectivity index (χ1n) is 6.38. The van der Waals surface area contributed by atoms with Gasteiger partial charge in [-0.05, 0) is 19.4 Å². The molecule has 0 aromatic heterocycles. The lowest BCUT2D eigenvalue weighted by molar-refractivity contribution is 0.112. The summed E-state index contributed by atoms with van der Waals surface area (Å²) >= 11 is 0. The van der Waals surface area contributed by atoms with Gasteiger partial charge >= 0.3 is 0 Å². The first-order valence-corrected chi connectivity index (χ1v) is 6.38. The van der Waals surface area contributed by atoms with Gasteiger partial charge in [0.2, 0.25) is 0 Å². The topological polar surface area (TPSA) is 21.6 Å². The molecule has 0 heterocycles. The molecular weight excluding hydrogens is 234 g/mol. The van der Waals surface area contributed by atoms with Crippen LogP contribution in [0.1, 0.15) is 28.5 Å². The Labute approximate surface area is 114 Å². The monoisotopic (exact) mass is 253 g/mol. The van der Waals surface area contributed by atoms with Gasteiger partial charge in [0, 0.05) is 18.9 Å². The summed E-state index contributed by atoms with van der Waals surface area (Å²) in [7, 11) is 1.68. The van der Waals surface area contributed by atoms with E-state index in [-0.39, 0.29) is 6.23 Å². The number of hydrogen-bond acceptors (Lipinski definition) is 2. The van der Waals surface area contributed by atoms with Crippen LogP contribution in [0.3, 0.4) is 0 Å². The van der Waals surface area contributed by atoms with Crippen molar-refractivity contribution in [3.8, 4) is 0 Å². The van der Waals surface area contributed by atoms with E-state index in [1.165, 1.54) is 11.1 Å². The van der Waals surface area contributed by atoms with Crippen LogP contribution in [-0.4, -0.2) is 13.3 Å². The molecule has 2 rings (SSSR count). The van der Waals surface area contributed by atoms with E-state index in [1.54, 1.807) is 7.11 Å². The van der Waals surface area contributed by atoms with Crippen molar-refractivity contribution in [2.75, 3.05) is 7.11 Å². The highest BCUT2D eigenvalue weighted by molar-refractivity contribution is 5.79. The van der Waals surface area contributed by atoms with Crippen molar-refractivity contribution in [1.29, 1.82) is 0 Å². The van der Waals surface area contributed by atoms with Gasteiger partial charge in [-0.3, -0.25) is 4.99 Å². The summed E-state index contributed by atoms with van der Waals surface area (Å²) in [5.41, 5.74) is 4.64. The Balaban J connectivity index is 2.14. The molecule has 0 aliphatic rings. The second-order valence-corrected chi connectivity index (χ2v) is 4.69. The van der Waals surface area contributed by atoms with Crippen LogP contribution in [0.2, 0.25) is 0 Å². The van der Waals surface area contributed by atoms with Crippen LogP contribution in [0.5, 0.6) is 0 Å². The van der Waals surface area contributed by atoms with E-state index in [1.807, 2.05) is 6.21 Å². The highest BCUT2D eigenvalue weighted by atomic mass is 16.5. The van der Waals surface area contributed by atoms with E-state index in [4.69, 9.17) is 4.74 Å². The van der Waals surface area contributed by atoms with Crippen molar-refractivity contribution in [2.24, 2.45) is 4.99 Å². The number of aliphatic imine (C=N–C) groups is 1. The molecule has 0 aliphatic carbocycles. The van der Waals surface area contributed by atoms with Crippen LogP contribution in [0.4, 0.5) is 0 Å². The summed E-state index contributed by atoms with van der Waals surface area (Å²) in [5.74, 6) is 0. The largest absolute Gasteiger partial charge is 0.355 e. The Morgan fingerprint density at radius 1 is 0.895 bits per heavy atom. The zero-order chi connectivity index (χ0) is 13.7. The Morgan fingerprint density at radius 2 is 1.42 bits per heavy atom. The molecule has 2 heteroatoms. The van der Waals surface area contributed by atoms with Crippen LogP contribution in [0.15, 0.2) is 53.5 Å². The van der Waals surface area contributed by atoms with E-state index in [0.29, 0.717) is 0 Å². The third-order valence-corrected chi connectivity index (χ3v) is 3.02. The molecule has 1 unspecified atom stereocenters. The summed E-state index contributed by atoms with van der Waals surface area (Å²) in [6, 6.07) is 16.5. The zero-order valence-electron chi connectivity index (χ0n) is 11.6. The molecule has 0 fully saturated rings. The number of methoxy groups -OCH3 is 1. The Bertz CT molecular complexity index is 540. The minimum Gasteiger partial charge on any atom is -0.355 e. The van der Waals surface area contributed by atoms with Gasteiger partial charge in [-0.1, -0.05) is 59.7 Å². The number of hydrogen-bond donors (Lipinski definition) is 0. The van der Waals surface area contributed by atoms with Crippen LogP contribution in [-0.2, 0) is 4.74 Å². The van der Waals surface area contributed by atoms with Crippen LogP contribution < -0.4 is 0 Å². The summed E-state index contributed by atoms with van der Waals surface area (Å²) in [6.07, 6.45) is 1.61. The summed E-state index contributed by atoms with van der Waals surface area (Å²) in [4.78, 5) is 4.49. The molecule has 0 saturated carbocycles. The standard InChI is InChI=1S/C17H19NO/c1-13-4-8-15(9-5-13)12-18-17(19-3)16-10-6-14(2)7-11-16/h4-12,17H,1-3H3. The maximum absolute atomic E-state index is 5.42. The van der Waals surface area contributed by atoms with E-state index in [9.17, 15) is 0 Å².